The molecule has 1 aromatic carbocycles. The zero-order valence-electron chi connectivity index (χ0n) is 11.3. The standard InChI is InChI=1S/C14H18Br3NO/c1-9(7-18-14(2,3)4)8-19-13-11(16)5-10(15)6-12(13)17/h5-6,18H,1,7-8H2,2-4H3. The Bertz CT molecular complexity index is 443. The van der Waals surface area contributed by atoms with Gasteiger partial charge in [-0.1, -0.05) is 22.5 Å². The van der Waals surface area contributed by atoms with E-state index in [2.05, 4.69) is 80.5 Å². The minimum atomic E-state index is 0.0850. The zero-order chi connectivity index (χ0) is 14.6. The van der Waals surface area contributed by atoms with Gasteiger partial charge in [0, 0.05) is 16.6 Å². The van der Waals surface area contributed by atoms with Crippen molar-refractivity contribution in [1.82, 2.24) is 5.32 Å². The molecule has 0 heterocycles. The molecule has 2 nitrogen and oxygen atoms in total. The Morgan fingerprint density at radius 1 is 1.21 bits per heavy atom. The van der Waals surface area contributed by atoms with E-state index in [1.165, 1.54) is 0 Å². The Balaban J connectivity index is 2.56. The van der Waals surface area contributed by atoms with Crippen molar-refractivity contribution < 1.29 is 4.74 Å². The van der Waals surface area contributed by atoms with Crippen molar-refractivity contribution in [2.45, 2.75) is 26.3 Å². The number of ether oxygens (including phenoxy) is 1. The molecule has 106 valence electrons. The first kappa shape index (κ1) is 17.2. The molecule has 0 aliphatic heterocycles. The summed E-state index contributed by atoms with van der Waals surface area (Å²) in [5.74, 6) is 0.792. The lowest BCUT2D eigenvalue weighted by Gasteiger charge is -2.21. The van der Waals surface area contributed by atoms with Gasteiger partial charge in [0.2, 0.25) is 0 Å². The normalized spacial score (nSPS) is 11.5. The van der Waals surface area contributed by atoms with E-state index >= 15 is 0 Å². The van der Waals surface area contributed by atoms with Crippen LogP contribution in [0.5, 0.6) is 5.75 Å². The SMILES string of the molecule is C=C(CNC(C)(C)C)COc1c(Br)cc(Br)cc1Br. The lowest BCUT2D eigenvalue weighted by atomic mass is 10.1. The molecule has 0 spiro atoms. The van der Waals surface area contributed by atoms with Gasteiger partial charge >= 0.3 is 0 Å². The van der Waals surface area contributed by atoms with Crippen LogP contribution in [0.3, 0.4) is 0 Å². The summed E-state index contributed by atoms with van der Waals surface area (Å²) in [4.78, 5) is 0. The van der Waals surface area contributed by atoms with E-state index in [1.54, 1.807) is 0 Å². The molecule has 1 N–H and O–H groups in total. The fourth-order valence-electron chi connectivity index (χ4n) is 1.28. The van der Waals surface area contributed by atoms with Crippen molar-refractivity contribution in [3.05, 3.63) is 37.7 Å². The molecule has 0 bridgehead atoms. The molecule has 0 radical (unpaired) electrons. The highest BCUT2D eigenvalue weighted by molar-refractivity contribution is 9.11. The Labute approximate surface area is 140 Å². The lowest BCUT2D eigenvalue weighted by molar-refractivity contribution is 0.337. The fourth-order valence-corrected chi connectivity index (χ4v) is 3.77. The highest BCUT2D eigenvalue weighted by atomic mass is 79.9. The number of nitrogens with one attached hydrogen (secondary N) is 1. The lowest BCUT2D eigenvalue weighted by Crippen LogP contribution is -2.37. The summed E-state index contributed by atoms with van der Waals surface area (Å²) in [6.07, 6.45) is 0. The monoisotopic (exact) mass is 453 g/mol. The van der Waals surface area contributed by atoms with Crippen LogP contribution in [0, 0.1) is 0 Å². The third-order valence-corrected chi connectivity index (χ3v) is 3.89. The maximum Gasteiger partial charge on any atom is 0.148 e. The summed E-state index contributed by atoms with van der Waals surface area (Å²) < 4.78 is 8.60. The van der Waals surface area contributed by atoms with E-state index < -0.39 is 0 Å². The second-order valence-corrected chi connectivity index (χ2v) is 7.97. The maximum atomic E-state index is 5.80. The molecular weight excluding hydrogens is 438 g/mol. The van der Waals surface area contributed by atoms with Crippen molar-refractivity contribution >= 4 is 47.8 Å². The van der Waals surface area contributed by atoms with Crippen molar-refractivity contribution in [2.75, 3.05) is 13.2 Å². The molecule has 0 saturated carbocycles. The highest BCUT2D eigenvalue weighted by Crippen LogP contribution is 2.36. The highest BCUT2D eigenvalue weighted by Gasteiger charge is 2.11. The summed E-state index contributed by atoms with van der Waals surface area (Å²) in [7, 11) is 0. The number of rotatable bonds is 5. The minimum absolute atomic E-state index is 0.0850. The summed E-state index contributed by atoms with van der Waals surface area (Å²) in [5, 5.41) is 3.39. The third kappa shape index (κ3) is 6.43. The number of hydrogen-bond acceptors (Lipinski definition) is 2. The van der Waals surface area contributed by atoms with Gasteiger partial charge in [0.1, 0.15) is 12.4 Å². The summed E-state index contributed by atoms with van der Waals surface area (Å²) >= 11 is 10.4. The number of halogens is 3. The molecule has 0 saturated heterocycles. The largest absolute Gasteiger partial charge is 0.487 e. The van der Waals surface area contributed by atoms with Gasteiger partial charge < -0.3 is 10.1 Å². The second kappa shape index (κ2) is 7.25. The van der Waals surface area contributed by atoms with Gasteiger partial charge in [0.05, 0.1) is 8.95 Å². The number of hydrogen-bond donors (Lipinski definition) is 1. The molecule has 0 aliphatic rings. The Kier molecular flexibility index (Phi) is 6.57. The predicted octanol–water partition coefficient (Wildman–Crippen LogP) is 5.30. The van der Waals surface area contributed by atoms with E-state index in [0.717, 1.165) is 31.3 Å². The maximum absolute atomic E-state index is 5.80. The van der Waals surface area contributed by atoms with Crippen LogP contribution in [0.2, 0.25) is 0 Å². The van der Waals surface area contributed by atoms with Gasteiger partial charge in [0.15, 0.2) is 0 Å². The fraction of sp³-hybridized carbons (Fsp3) is 0.429. The Morgan fingerprint density at radius 3 is 2.21 bits per heavy atom. The van der Waals surface area contributed by atoms with Gasteiger partial charge in [-0.25, -0.2) is 0 Å². The molecule has 1 rings (SSSR count). The quantitative estimate of drug-likeness (QED) is 0.608. The van der Waals surface area contributed by atoms with E-state index in [-0.39, 0.29) is 5.54 Å². The molecule has 0 atom stereocenters. The van der Waals surface area contributed by atoms with Gasteiger partial charge in [-0.05, 0) is 70.3 Å². The zero-order valence-corrected chi connectivity index (χ0v) is 16.1. The van der Waals surface area contributed by atoms with Crippen molar-refractivity contribution in [3.8, 4) is 5.75 Å². The van der Waals surface area contributed by atoms with Gasteiger partial charge in [0.25, 0.3) is 0 Å². The van der Waals surface area contributed by atoms with Gasteiger partial charge in [-0.2, -0.15) is 0 Å². The van der Waals surface area contributed by atoms with Crippen molar-refractivity contribution in [3.63, 3.8) is 0 Å². The minimum Gasteiger partial charge on any atom is -0.487 e. The topological polar surface area (TPSA) is 21.3 Å². The van der Waals surface area contributed by atoms with Gasteiger partial charge in [-0.3, -0.25) is 0 Å². The van der Waals surface area contributed by atoms with Crippen LogP contribution < -0.4 is 10.1 Å². The summed E-state index contributed by atoms with van der Waals surface area (Å²) in [5.41, 5.74) is 1.10. The van der Waals surface area contributed by atoms with Crippen LogP contribution in [0.4, 0.5) is 0 Å². The number of benzene rings is 1. The van der Waals surface area contributed by atoms with Crippen LogP contribution in [0.1, 0.15) is 20.8 Å². The molecule has 0 aliphatic carbocycles. The second-order valence-electron chi connectivity index (χ2n) is 5.34. The van der Waals surface area contributed by atoms with Crippen LogP contribution >= 0.6 is 47.8 Å². The van der Waals surface area contributed by atoms with Crippen LogP contribution in [-0.4, -0.2) is 18.7 Å². The summed E-state index contributed by atoms with van der Waals surface area (Å²) in [6.45, 7) is 11.6. The molecule has 5 heteroatoms. The third-order valence-electron chi connectivity index (χ3n) is 2.25. The van der Waals surface area contributed by atoms with E-state index in [9.17, 15) is 0 Å². The molecule has 0 amide bonds. The van der Waals surface area contributed by atoms with Gasteiger partial charge in [-0.15, -0.1) is 0 Å². The predicted molar refractivity (Wildman–Crippen MR) is 91.9 cm³/mol. The first-order chi connectivity index (χ1) is 8.69. The van der Waals surface area contributed by atoms with Crippen LogP contribution in [0.15, 0.2) is 37.7 Å². The molecule has 1 aromatic rings. The van der Waals surface area contributed by atoms with E-state index in [1.807, 2.05) is 12.1 Å². The van der Waals surface area contributed by atoms with Crippen LogP contribution in [0.25, 0.3) is 0 Å². The Hall–Kier alpha value is 0.160. The molecule has 0 fully saturated rings. The first-order valence-corrected chi connectivity index (χ1v) is 8.26. The molecular formula is C14H18Br3NO. The van der Waals surface area contributed by atoms with Crippen molar-refractivity contribution in [2.24, 2.45) is 0 Å². The summed E-state index contributed by atoms with van der Waals surface area (Å²) in [6, 6.07) is 3.91. The van der Waals surface area contributed by atoms with Crippen molar-refractivity contribution in [1.29, 1.82) is 0 Å². The average molecular weight is 456 g/mol. The van der Waals surface area contributed by atoms with Crippen LogP contribution in [-0.2, 0) is 0 Å². The smallest absolute Gasteiger partial charge is 0.148 e. The first-order valence-electron chi connectivity index (χ1n) is 5.88. The van der Waals surface area contributed by atoms with E-state index in [4.69, 9.17) is 4.74 Å². The molecule has 19 heavy (non-hydrogen) atoms. The average Bonchev–Trinajstić information content (AvgIpc) is 2.23. The van der Waals surface area contributed by atoms with E-state index in [0.29, 0.717) is 6.61 Å². The Morgan fingerprint density at radius 2 is 1.74 bits per heavy atom. The molecule has 0 unspecified atom stereocenters. The molecule has 0 aromatic heterocycles.